The van der Waals surface area contributed by atoms with E-state index in [4.69, 9.17) is 87.9 Å². The van der Waals surface area contributed by atoms with Crippen molar-refractivity contribution in [1.29, 1.82) is 0 Å². The molecule has 0 bridgehead atoms. The predicted octanol–water partition coefficient (Wildman–Crippen LogP) is 11.0. The maximum Gasteiger partial charge on any atom is 0.338 e. The molecule has 4 aliphatic rings. The van der Waals surface area contributed by atoms with Crippen molar-refractivity contribution in [3.8, 4) is 123 Å². The van der Waals surface area contributed by atoms with Gasteiger partial charge in [0.15, 0.2) is 25.4 Å². The van der Waals surface area contributed by atoms with Gasteiger partial charge in [-0.05, 0) is 143 Å². The lowest BCUT2D eigenvalue weighted by atomic mass is 9.90. The van der Waals surface area contributed by atoms with Gasteiger partial charge < -0.3 is 78.4 Å². The Bertz CT molecular complexity index is 3680. The van der Waals surface area contributed by atoms with Crippen LogP contribution >= 0.6 is 31.1 Å². The fourth-order valence-electron chi connectivity index (χ4n) is 15.0. The summed E-state index contributed by atoms with van der Waals surface area (Å²) in [5, 5.41) is 27.0. The third kappa shape index (κ3) is 75.1. The maximum absolute atomic E-state index is 12.7. The molecule has 4 fully saturated rings. The van der Waals surface area contributed by atoms with Crippen molar-refractivity contribution in [2.45, 2.75) is 137 Å². The van der Waals surface area contributed by atoms with Gasteiger partial charge in [-0.15, -0.1) is 87.8 Å². The van der Waals surface area contributed by atoms with Crippen LogP contribution in [-0.4, -0.2) is 459 Å². The lowest BCUT2D eigenvalue weighted by molar-refractivity contribution is -0.944. The number of aliphatic hydroxyl groups is 3. The minimum Gasteiger partial charge on any atom is -0.466 e. The highest BCUT2D eigenvalue weighted by Crippen LogP contribution is 2.48. The molecular weight excluding hydrogens is 1730 g/mol. The summed E-state index contributed by atoms with van der Waals surface area (Å²) < 4.78 is 54.4. The number of Topliss-reactive ketones (excluding diaryl/α,β-unsaturated/α-hetero) is 1. The van der Waals surface area contributed by atoms with E-state index < -0.39 is 14.4 Å². The van der Waals surface area contributed by atoms with Crippen LogP contribution in [0.1, 0.15) is 119 Å². The number of alkyl halides is 1. The average molecular weight is 1930 g/mol. The number of quaternary nitrogens is 12. The molecule has 1 unspecified atom stereocenters. The lowest BCUT2D eigenvalue weighted by Gasteiger charge is -2.42. The summed E-state index contributed by atoms with van der Waals surface area (Å²) in [6.07, 6.45) is 73.7. The molecule has 0 amide bonds. The number of likely N-dealkylation sites (tertiary alicyclic amines) is 2. The molecule has 0 spiro atoms. The summed E-state index contributed by atoms with van der Waals surface area (Å²) in [6.45, 7) is 45.8. The van der Waals surface area contributed by atoms with E-state index in [1.807, 2.05) is 107 Å². The third-order valence-corrected chi connectivity index (χ3v) is 25.6. The van der Waals surface area contributed by atoms with Crippen molar-refractivity contribution in [2.24, 2.45) is 0 Å². The predicted molar refractivity (Wildman–Crippen MR) is 564 cm³/mol. The Morgan fingerprint density at radius 1 is 0.579 bits per heavy atom. The van der Waals surface area contributed by atoms with Crippen LogP contribution in [0.5, 0.6) is 0 Å². The number of nitrogens with one attached hydrogen (secondary N) is 1. The summed E-state index contributed by atoms with van der Waals surface area (Å²) in [7, 11) is 36.5. The van der Waals surface area contributed by atoms with E-state index in [1.54, 1.807) is 19.4 Å². The highest BCUT2D eigenvalue weighted by Gasteiger charge is 2.41. The number of oxazole rings is 1. The second-order valence-electron chi connectivity index (χ2n) is 40.5. The van der Waals surface area contributed by atoms with Gasteiger partial charge in [-0.1, -0.05) is 40.5 Å². The summed E-state index contributed by atoms with van der Waals surface area (Å²) in [5.74, 6) is 29.0. The molecule has 3 aliphatic heterocycles. The molecule has 24 nitrogen and oxygen atoms in total. The number of hydrogen-bond acceptors (Lipinski definition) is 14. The second-order valence-corrected chi connectivity index (χ2v) is 44.3. The molecule has 3 atom stereocenters. The van der Waals surface area contributed by atoms with E-state index >= 15 is 0 Å². The minimum absolute atomic E-state index is 0.0195. The number of aliphatic hydroxyl groups excluding tert-OH is 3. The average Bonchev–Trinajstić information content (AvgIpc) is 1.66. The van der Waals surface area contributed by atoms with Gasteiger partial charge >= 0.3 is 13.6 Å². The van der Waals surface area contributed by atoms with Gasteiger partial charge in [-0.3, -0.25) is 13.8 Å². The molecule has 28 heteroatoms. The topological polar surface area (TPSA) is 178 Å². The SMILES string of the molecule is C#CC[N+](C)(C)CC(=C)C.C#CC[N+](C)(C)CC(C)=O.C#CC[N+](C)(C)CCP(=O)(OCC)OCC.C#CC[N+](C)(C)CSC.C#CC[N+](C)(C)Cc1ncco1.C#CC[N+]1(CC#C)CCCN1.C#CC[N+]1(CC#C)CC[C@@H](O)C1.C#CC[N+]1(CF)CCC[C@H]1CO.C=CC[N+](C)(C)CC(=C)C(=O)OC.CCC[N+](C)(C)C1CCC1.CCC[N+](C)(C)CCO.CCC[N+](C)(C)CSC. The number of ether oxygens (including phenoxy) is 1. The van der Waals surface area contributed by atoms with E-state index in [-0.39, 0.29) is 35.0 Å². The molecule has 5 rings (SSSR count). The summed E-state index contributed by atoms with van der Waals surface area (Å²) in [6, 6.07) is 1.01. The molecule has 1 saturated carbocycles. The number of esters is 1. The van der Waals surface area contributed by atoms with Crippen LogP contribution in [0, 0.1) is 123 Å². The quantitative estimate of drug-likeness (QED) is 0.00710. The number of methoxy groups -OCH3 is 1. The molecule has 0 radical (unpaired) electrons. The largest absolute Gasteiger partial charge is 0.466 e. The van der Waals surface area contributed by atoms with Crippen molar-refractivity contribution >= 4 is 42.9 Å². The van der Waals surface area contributed by atoms with Crippen LogP contribution in [0.4, 0.5) is 4.39 Å². The number of nitrogens with zero attached hydrogens (tertiary/aromatic N) is 13. The fourth-order valence-corrected chi connectivity index (χ4v) is 18.6. The molecule has 133 heavy (non-hydrogen) atoms. The first-order valence-corrected chi connectivity index (χ1v) is 51.1. The Morgan fingerprint density at radius 2 is 1.05 bits per heavy atom. The number of terminal acetylenes is 10. The zero-order valence-corrected chi connectivity index (χ0v) is 91.9. The van der Waals surface area contributed by atoms with E-state index in [9.17, 15) is 23.7 Å². The van der Waals surface area contributed by atoms with Crippen LogP contribution in [0.15, 0.2) is 53.8 Å². The van der Waals surface area contributed by atoms with Crippen LogP contribution in [-0.2, 0) is 34.5 Å². The molecule has 1 aliphatic carbocycles. The normalized spacial score (nSPS) is 16.3. The number of aromatic nitrogens is 1. The zero-order valence-electron chi connectivity index (χ0n) is 89.4. The number of likely N-dealkylation sites (N-methyl/N-ethyl adjacent to an activating group) is 4. The first-order chi connectivity index (χ1) is 61.8. The summed E-state index contributed by atoms with van der Waals surface area (Å²) in [5.41, 5.74) is 5.00. The zero-order chi connectivity index (χ0) is 104. The number of ketones is 1. The van der Waals surface area contributed by atoms with Gasteiger partial charge in [0, 0.05) is 32.6 Å². The van der Waals surface area contributed by atoms with Crippen molar-refractivity contribution in [3.63, 3.8) is 0 Å². The Morgan fingerprint density at radius 3 is 1.41 bits per heavy atom. The second kappa shape index (κ2) is 76.3. The number of thioether (sulfide) groups is 2. The Kier molecular flexibility index (Phi) is 79.9. The van der Waals surface area contributed by atoms with Crippen LogP contribution < -0.4 is 5.43 Å². The van der Waals surface area contributed by atoms with E-state index in [1.165, 1.54) is 81.1 Å². The van der Waals surface area contributed by atoms with Crippen molar-refractivity contribution < 1.29 is 106 Å². The van der Waals surface area contributed by atoms with Gasteiger partial charge in [-0.25, -0.2) is 14.4 Å². The summed E-state index contributed by atoms with van der Waals surface area (Å²) >= 11 is 3.75. The lowest BCUT2D eigenvalue weighted by Crippen LogP contribution is -2.53. The number of halogens is 1. The first kappa shape index (κ1) is 139. The van der Waals surface area contributed by atoms with Crippen molar-refractivity contribution in [2.75, 3.05) is 355 Å². The Hall–Kier alpha value is -6.69. The molecule has 1 aromatic heterocycles. The van der Waals surface area contributed by atoms with Gasteiger partial charge in [-0.2, -0.15) is 9.82 Å². The molecule has 4 heterocycles. The molecule has 0 aromatic carbocycles. The summed E-state index contributed by atoms with van der Waals surface area (Å²) in [4.78, 5) is 25.7. The van der Waals surface area contributed by atoms with Crippen molar-refractivity contribution in [3.05, 3.63) is 55.3 Å². The first-order valence-electron chi connectivity index (χ1n) is 46.5. The van der Waals surface area contributed by atoms with E-state index in [2.05, 4.69) is 198 Å². The van der Waals surface area contributed by atoms with Gasteiger partial charge in [0.2, 0.25) is 12.7 Å². The third-order valence-electron chi connectivity index (χ3n) is 21.7. The van der Waals surface area contributed by atoms with E-state index in [0.29, 0.717) is 137 Å². The molecule has 1 aromatic rings. The number of carbonyl (C=O) groups is 2. The molecule has 758 valence electrons. The Balaban J connectivity index is -0.000000261. The van der Waals surface area contributed by atoms with Crippen LogP contribution in [0.25, 0.3) is 0 Å². The maximum atomic E-state index is 12.7. The molecule has 4 N–H and O–H groups in total. The smallest absolute Gasteiger partial charge is 0.338 e. The number of hydrogen-bond donors (Lipinski definition) is 4. The molecular formula is C105H196FN14O10PS2+12. The number of carbonyl (C=O) groups excluding carboxylic acids is 2. The monoisotopic (exact) mass is 1930 g/mol. The fraction of sp³-hybridized carbons (Fsp3) is 0.705. The highest BCUT2D eigenvalue weighted by molar-refractivity contribution is 7.98. The van der Waals surface area contributed by atoms with Gasteiger partial charge in [0.25, 0.3) is 0 Å². The highest BCUT2D eigenvalue weighted by atomic mass is 32.2. The van der Waals surface area contributed by atoms with E-state index in [0.717, 1.165) is 127 Å². The standard InChI is InChI=1S/C11H23NO3P.C10H18NO2.C10H14NO.C9H15FNO.C9H13N2O.C9H13N2.C9H20N.C9H16N.C8H14NO.C7H18NO.C7H18NS.C7H14NS/c1-6-9-12(4,5)10-11-16(13,14-7-2)15-8-3;1-6-7-11(3,4)8-9(2)10(12)13-5;1-3-6-11(7-4-2)8-5-10(12)9-11;1-2-5-11(8-10)6-3-4-9(11)7-12;1-4-6-11(2,3)8-9-10-5-7-12-9;1-3-7-11(8-4-2)9-5-6-10-11;1-4-8-10(2,3)9-6-5-7-9;1-6-7-10(4,5)8-9(2)3;1-5-6-9(3,4)7-8(2)10;1-4-5-8(2,3)6-7-9;2*1-5-6-8(2,3)7-9-4/h1H,7-11H2,2-5H3;6H,1-2,7-8H2,3-5H3;1-2,10,12H,5-9H2;1,9,12H,3-8H2;1,5,7H,6,8H2,2-3H3;1-2,10H,5-9H2;9H,4-8H2,1-3H3;1H,2,7-8H2,3-5H3;1H,6-7H2,2-4H3;9H,4-7H2,1-3H3;5-7H2,1-4H3;1H,6-7H2,2-4H3/q12*+1/t;;10-;9-,11?;;;;;;;;/m..10......../s1. The van der Waals surface area contributed by atoms with Gasteiger partial charge in [0.05, 0.1) is 243 Å². The van der Waals surface area contributed by atoms with Crippen molar-refractivity contribution in [1.82, 2.24) is 10.4 Å². The van der Waals surface area contributed by atoms with Gasteiger partial charge in [0.1, 0.15) is 115 Å². The minimum atomic E-state index is -2.92. The molecule has 3 saturated heterocycles. The van der Waals surface area contributed by atoms with Crippen LogP contribution in [0.2, 0.25) is 0 Å². The number of rotatable bonds is 43. The Labute approximate surface area is 825 Å². The van der Waals surface area contributed by atoms with Crippen LogP contribution in [0.3, 0.4) is 0 Å².